The maximum atomic E-state index is 12.2. The van der Waals surface area contributed by atoms with Crippen LogP contribution >= 0.6 is 11.3 Å². The molecular weight excluding hydrogens is 280 g/mol. The van der Waals surface area contributed by atoms with E-state index in [1.807, 2.05) is 18.4 Å². The molecule has 0 bridgehead atoms. The lowest BCUT2D eigenvalue weighted by Gasteiger charge is -2.28. The van der Waals surface area contributed by atoms with Crippen LogP contribution in [0.4, 0.5) is 0 Å². The molecule has 1 aromatic heterocycles. The molecule has 110 valence electrons. The Bertz CT molecular complexity index is 609. The Hall–Kier alpha value is -1.65. The molecule has 0 saturated carbocycles. The Kier molecular flexibility index (Phi) is 4.36. The standard InChI is InChI=1S/C17H20N2OS/c1-13(16-7-4-10-21-16)18-17(20)12-19-9-8-14-5-2-3-6-15(14)11-19/h2-7,10,13H,8-9,11-12H2,1H3,(H,18,20)/t13-/m1/s1. The highest BCUT2D eigenvalue weighted by Crippen LogP contribution is 2.19. The van der Waals surface area contributed by atoms with E-state index in [4.69, 9.17) is 0 Å². The number of benzene rings is 1. The molecule has 1 atom stereocenters. The second kappa shape index (κ2) is 6.41. The highest BCUT2D eigenvalue weighted by atomic mass is 32.1. The van der Waals surface area contributed by atoms with Crippen molar-refractivity contribution in [3.05, 3.63) is 57.8 Å². The maximum Gasteiger partial charge on any atom is 0.234 e. The quantitative estimate of drug-likeness (QED) is 0.941. The van der Waals surface area contributed by atoms with Gasteiger partial charge >= 0.3 is 0 Å². The second-order valence-electron chi connectivity index (χ2n) is 5.53. The number of carbonyl (C=O) groups excluding carboxylic acids is 1. The van der Waals surface area contributed by atoms with E-state index in [1.165, 1.54) is 16.0 Å². The van der Waals surface area contributed by atoms with Gasteiger partial charge in [0.2, 0.25) is 5.91 Å². The Balaban J connectivity index is 1.54. The van der Waals surface area contributed by atoms with Crippen LogP contribution in [0.5, 0.6) is 0 Å². The molecule has 0 fully saturated rings. The van der Waals surface area contributed by atoms with Crippen LogP contribution in [0.1, 0.15) is 29.0 Å². The predicted molar refractivity (Wildman–Crippen MR) is 86.3 cm³/mol. The van der Waals surface area contributed by atoms with Crippen LogP contribution in [-0.4, -0.2) is 23.9 Å². The molecule has 0 saturated heterocycles. The molecule has 0 aliphatic carbocycles. The first kappa shape index (κ1) is 14.3. The fraction of sp³-hybridized carbons (Fsp3) is 0.353. The van der Waals surface area contributed by atoms with Crippen LogP contribution in [0.3, 0.4) is 0 Å². The normalized spacial score (nSPS) is 16.2. The molecule has 4 heteroatoms. The number of rotatable bonds is 4. The largest absolute Gasteiger partial charge is 0.348 e. The summed E-state index contributed by atoms with van der Waals surface area (Å²) >= 11 is 1.68. The van der Waals surface area contributed by atoms with Gasteiger partial charge in [-0.3, -0.25) is 9.69 Å². The van der Waals surface area contributed by atoms with Crippen LogP contribution < -0.4 is 5.32 Å². The van der Waals surface area contributed by atoms with E-state index in [2.05, 4.69) is 40.5 Å². The minimum atomic E-state index is 0.0922. The molecule has 2 aromatic rings. The minimum absolute atomic E-state index is 0.0922. The number of hydrogen-bond acceptors (Lipinski definition) is 3. The molecule has 1 aliphatic rings. The van der Waals surface area contributed by atoms with Crippen molar-refractivity contribution in [3.63, 3.8) is 0 Å². The Morgan fingerprint density at radius 3 is 2.86 bits per heavy atom. The van der Waals surface area contributed by atoms with Gasteiger partial charge in [0.1, 0.15) is 0 Å². The van der Waals surface area contributed by atoms with Crippen molar-refractivity contribution in [3.8, 4) is 0 Å². The Labute approximate surface area is 129 Å². The van der Waals surface area contributed by atoms with Crippen molar-refractivity contribution in [1.82, 2.24) is 10.2 Å². The van der Waals surface area contributed by atoms with E-state index in [0.29, 0.717) is 6.54 Å². The molecule has 1 aromatic carbocycles. The number of amides is 1. The third-order valence-corrected chi connectivity index (χ3v) is 4.98. The summed E-state index contributed by atoms with van der Waals surface area (Å²) in [6.07, 6.45) is 1.03. The van der Waals surface area contributed by atoms with Gasteiger partial charge in [0.15, 0.2) is 0 Å². The lowest BCUT2D eigenvalue weighted by molar-refractivity contribution is -0.123. The third-order valence-electron chi connectivity index (χ3n) is 3.92. The molecule has 3 nitrogen and oxygen atoms in total. The zero-order chi connectivity index (χ0) is 14.7. The number of nitrogens with zero attached hydrogens (tertiary/aromatic N) is 1. The predicted octanol–water partition coefficient (Wildman–Crippen LogP) is 2.98. The first-order valence-corrected chi connectivity index (χ1v) is 8.22. The zero-order valence-electron chi connectivity index (χ0n) is 12.2. The lowest BCUT2D eigenvalue weighted by atomic mass is 10.00. The van der Waals surface area contributed by atoms with E-state index in [1.54, 1.807) is 11.3 Å². The monoisotopic (exact) mass is 300 g/mol. The summed E-state index contributed by atoms with van der Waals surface area (Å²) in [5.41, 5.74) is 2.77. The van der Waals surface area contributed by atoms with Crippen molar-refractivity contribution in [2.24, 2.45) is 0 Å². The minimum Gasteiger partial charge on any atom is -0.348 e. The van der Waals surface area contributed by atoms with Gasteiger partial charge < -0.3 is 5.32 Å². The number of hydrogen-bond donors (Lipinski definition) is 1. The van der Waals surface area contributed by atoms with E-state index in [9.17, 15) is 4.79 Å². The van der Waals surface area contributed by atoms with Crippen LogP contribution in [0.25, 0.3) is 0 Å². The summed E-state index contributed by atoms with van der Waals surface area (Å²) in [5, 5.41) is 5.12. The van der Waals surface area contributed by atoms with E-state index in [0.717, 1.165) is 19.5 Å². The van der Waals surface area contributed by atoms with Gasteiger partial charge in [-0.2, -0.15) is 0 Å². The fourth-order valence-corrected chi connectivity index (χ4v) is 3.52. The summed E-state index contributed by atoms with van der Waals surface area (Å²) in [4.78, 5) is 15.6. The lowest BCUT2D eigenvalue weighted by Crippen LogP contribution is -2.40. The fourth-order valence-electron chi connectivity index (χ4n) is 2.79. The average molecular weight is 300 g/mol. The van der Waals surface area contributed by atoms with Crippen molar-refractivity contribution in [2.45, 2.75) is 25.9 Å². The number of thiophene rings is 1. The van der Waals surface area contributed by atoms with Crippen molar-refractivity contribution >= 4 is 17.2 Å². The smallest absolute Gasteiger partial charge is 0.234 e. The second-order valence-corrected chi connectivity index (χ2v) is 6.51. The van der Waals surface area contributed by atoms with Crippen LogP contribution in [0, 0.1) is 0 Å². The van der Waals surface area contributed by atoms with E-state index in [-0.39, 0.29) is 11.9 Å². The first-order chi connectivity index (χ1) is 10.2. The van der Waals surface area contributed by atoms with Crippen molar-refractivity contribution in [2.75, 3.05) is 13.1 Å². The van der Waals surface area contributed by atoms with Gasteiger partial charge in [0, 0.05) is 18.0 Å². The molecule has 1 aliphatic heterocycles. The summed E-state index contributed by atoms with van der Waals surface area (Å²) in [6, 6.07) is 12.7. The van der Waals surface area contributed by atoms with Gasteiger partial charge in [0.05, 0.1) is 12.6 Å². The Morgan fingerprint density at radius 2 is 2.10 bits per heavy atom. The zero-order valence-corrected chi connectivity index (χ0v) is 13.0. The van der Waals surface area contributed by atoms with Crippen LogP contribution in [0.2, 0.25) is 0 Å². The van der Waals surface area contributed by atoms with Crippen LogP contribution in [0.15, 0.2) is 41.8 Å². The van der Waals surface area contributed by atoms with E-state index >= 15 is 0 Å². The molecule has 0 unspecified atom stereocenters. The number of fused-ring (bicyclic) bond motifs is 1. The summed E-state index contributed by atoms with van der Waals surface area (Å²) < 4.78 is 0. The van der Waals surface area contributed by atoms with Gasteiger partial charge in [-0.25, -0.2) is 0 Å². The molecule has 0 radical (unpaired) electrons. The van der Waals surface area contributed by atoms with Crippen LogP contribution in [-0.2, 0) is 17.8 Å². The molecule has 1 N–H and O–H groups in total. The number of carbonyl (C=O) groups is 1. The average Bonchev–Trinajstić information content (AvgIpc) is 3.01. The topological polar surface area (TPSA) is 32.3 Å². The van der Waals surface area contributed by atoms with Gasteiger partial charge in [-0.15, -0.1) is 11.3 Å². The van der Waals surface area contributed by atoms with Gasteiger partial charge in [-0.05, 0) is 35.9 Å². The van der Waals surface area contributed by atoms with E-state index < -0.39 is 0 Å². The Morgan fingerprint density at radius 1 is 1.29 bits per heavy atom. The summed E-state index contributed by atoms with van der Waals surface area (Å²) in [7, 11) is 0. The molecule has 2 heterocycles. The highest BCUT2D eigenvalue weighted by Gasteiger charge is 2.19. The summed E-state index contributed by atoms with van der Waals surface area (Å²) in [5.74, 6) is 0.107. The number of nitrogens with one attached hydrogen (secondary N) is 1. The van der Waals surface area contributed by atoms with Gasteiger partial charge in [-0.1, -0.05) is 30.3 Å². The van der Waals surface area contributed by atoms with Crippen molar-refractivity contribution in [1.29, 1.82) is 0 Å². The molecule has 21 heavy (non-hydrogen) atoms. The highest BCUT2D eigenvalue weighted by molar-refractivity contribution is 7.10. The molecule has 0 spiro atoms. The summed E-state index contributed by atoms with van der Waals surface area (Å²) in [6.45, 7) is 4.34. The molecule has 3 rings (SSSR count). The maximum absolute atomic E-state index is 12.2. The molecule has 1 amide bonds. The van der Waals surface area contributed by atoms with Crippen molar-refractivity contribution < 1.29 is 4.79 Å². The molecular formula is C17H20N2OS. The first-order valence-electron chi connectivity index (χ1n) is 7.34. The van der Waals surface area contributed by atoms with Gasteiger partial charge in [0.25, 0.3) is 0 Å². The SMILES string of the molecule is C[C@@H](NC(=O)CN1CCc2ccccc2C1)c1cccs1. The third kappa shape index (κ3) is 3.52.